The summed E-state index contributed by atoms with van der Waals surface area (Å²) in [6, 6.07) is 7.44. The summed E-state index contributed by atoms with van der Waals surface area (Å²) in [6.07, 6.45) is 0. The summed E-state index contributed by atoms with van der Waals surface area (Å²) in [5.74, 6) is 0.822. The van der Waals surface area contributed by atoms with E-state index in [9.17, 15) is 4.79 Å². The highest BCUT2D eigenvalue weighted by atomic mass is 35.5. The van der Waals surface area contributed by atoms with Crippen LogP contribution < -0.4 is 10.2 Å². The fraction of sp³-hybridized carbons (Fsp3) is 0.231. The number of nitrogens with zero attached hydrogens (tertiary/aromatic N) is 3. The highest BCUT2D eigenvalue weighted by Gasteiger charge is 2.28. The number of hydrogen-bond donors (Lipinski definition) is 1. The zero-order chi connectivity index (χ0) is 13.6. The Hall–Kier alpha value is -2.01. The van der Waals surface area contributed by atoms with Gasteiger partial charge < -0.3 is 10.2 Å². The second-order valence-electron chi connectivity index (χ2n) is 4.52. The predicted molar refractivity (Wildman–Crippen MR) is 75.0 cm³/mol. The van der Waals surface area contributed by atoms with Crippen LogP contribution in [0.5, 0.6) is 0 Å². The van der Waals surface area contributed by atoms with Crippen LogP contribution in [0.2, 0.25) is 5.02 Å². The molecule has 98 valence electrons. The first kappa shape index (κ1) is 12.0. The third-order valence-corrected chi connectivity index (χ3v) is 3.37. The average Bonchev–Trinajstić information content (AvgIpc) is 2.64. The Labute approximate surface area is 115 Å². The predicted octanol–water partition coefficient (Wildman–Crippen LogP) is 2.47. The van der Waals surface area contributed by atoms with E-state index in [1.165, 1.54) is 0 Å². The normalized spacial score (nSPS) is 14.3. The Morgan fingerprint density at radius 1 is 1.42 bits per heavy atom. The van der Waals surface area contributed by atoms with Crippen LogP contribution in [0, 0.1) is 6.92 Å². The molecule has 2 aromatic rings. The first-order valence-corrected chi connectivity index (χ1v) is 6.30. The van der Waals surface area contributed by atoms with Crippen LogP contribution in [0.3, 0.4) is 0 Å². The third kappa shape index (κ3) is 1.96. The minimum Gasteiger partial charge on any atom is -0.320 e. The van der Waals surface area contributed by atoms with Crippen molar-refractivity contribution in [3.8, 4) is 0 Å². The van der Waals surface area contributed by atoms with Gasteiger partial charge in [0, 0.05) is 17.8 Å². The molecular weight excluding hydrogens is 264 g/mol. The summed E-state index contributed by atoms with van der Waals surface area (Å²) in [4.78, 5) is 13.7. The van der Waals surface area contributed by atoms with Crippen LogP contribution in [-0.2, 0) is 11.8 Å². The minimum atomic E-state index is -0.0522. The number of rotatable bonds is 1. The molecule has 0 unspecified atom stereocenters. The van der Waals surface area contributed by atoms with Gasteiger partial charge in [-0.1, -0.05) is 17.7 Å². The van der Waals surface area contributed by atoms with Gasteiger partial charge in [-0.05, 0) is 25.1 Å². The molecule has 1 N–H and O–H groups in total. The Kier molecular flexibility index (Phi) is 2.71. The van der Waals surface area contributed by atoms with Crippen LogP contribution in [0.15, 0.2) is 24.3 Å². The fourth-order valence-corrected chi connectivity index (χ4v) is 2.54. The van der Waals surface area contributed by atoms with Crippen molar-refractivity contribution in [3.63, 3.8) is 0 Å². The van der Waals surface area contributed by atoms with Crippen LogP contribution in [0.4, 0.5) is 17.2 Å². The Bertz CT molecular complexity index is 665. The molecule has 0 bridgehead atoms. The van der Waals surface area contributed by atoms with E-state index in [1.807, 2.05) is 43.1 Å². The van der Waals surface area contributed by atoms with E-state index in [1.54, 1.807) is 4.68 Å². The molecule has 3 rings (SSSR count). The lowest BCUT2D eigenvalue weighted by Gasteiger charge is -2.29. The molecule has 6 heteroatoms. The highest BCUT2D eigenvalue weighted by Crippen LogP contribution is 2.37. The van der Waals surface area contributed by atoms with E-state index in [2.05, 4.69) is 10.4 Å². The third-order valence-electron chi connectivity index (χ3n) is 3.13. The van der Waals surface area contributed by atoms with Gasteiger partial charge in [0.1, 0.15) is 12.2 Å². The molecule has 0 aliphatic carbocycles. The number of amides is 1. The lowest BCUT2D eigenvalue weighted by Crippen LogP contribution is -2.35. The van der Waals surface area contributed by atoms with E-state index in [-0.39, 0.29) is 12.5 Å². The average molecular weight is 277 g/mol. The molecule has 5 nitrogen and oxygen atoms in total. The molecule has 19 heavy (non-hydrogen) atoms. The summed E-state index contributed by atoms with van der Waals surface area (Å²) in [7, 11) is 1.86. The van der Waals surface area contributed by atoms with Crippen LogP contribution in [-0.4, -0.2) is 22.2 Å². The number of carbonyl (C=O) groups excluding carboxylic acids is 1. The Balaban J connectivity index is 2.16. The Morgan fingerprint density at radius 2 is 2.21 bits per heavy atom. The van der Waals surface area contributed by atoms with Crippen molar-refractivity contribution in [3.05, 3.63) is 35.0 Å². The molecule has 0 atom stereocenters. The van der Waals surface area contributed by atoms with Crippen molar-refractivity contribution in [2.24, 2.45) is 7.05 Å². The monoisotopic (exact) mass is 276 g/mol. The number of anilines is 3. The first-order valence-electron chi connectivity index (χ1n) is 5.93. The van der Waals surface area contributed by atoms with Gasteiger partial charge in [-0.3, -0.25) is 9.48 Å². The van der Waals surface area contributed by atoms with Gasteiger partial charge in [-0.2, -0.15) is 5.10 Å². The molecule has 2 heterocycles. The van der Waals surface area contributed by atoms with Crippen LogP contribution in [0.1, 0.15) is 5.69 Å². The fourth-order valence-electron chi connectivity index (χ4n) is 2.36. The van der Waals surface area contributed by atoms with Gasteiger partial charge in [0.05, 0.1) is 5.69 Å². The zero-order valence-electron chi connectivity index (χ0n) is 10.6. The molecule has 0 spiro atoms. The molecule has 1 aromatic heterocycles. The second kappa shape index (κ2) is 4.28. The summed E-state index contributed by atoms with van der Waals surface area (Å²) in [5.41, 5.74) is 2.45. The lowest BCUT2D eigenvalue weighted by molar-refractivity contribution is -0.115. The van der Waals surface area contributed by atoms with Crippen LogP contribution in [0.25, 0.3) is 0 Å². The van der Waals surface area contributed by atoms with Crippen molar-refractivity contribution < 1.29 is 4.79 Å². The van der Waals surface area contributed by atoms with Gasteiger partial charge in [0.25, 0.3) is 0 Å². The SMILES string of the molecule is Cc1nn(C)c2c1NC(=O)CN2c1cccc(Cl)c1. The number of carbonyl (C=O) groups is 1. The summed E-state index contributed by atoms with van der Waals surface area (Å²) in [5, 5.41) is 7.86. The number of aryl methyl sites for hydroxylation is 2. The van der Waals surface area contributed by atoms with Gasteiger partial charge in [-0.15, -0.1) is 0 Å². The summed E-state index contributed by atoms with van der Waals surface area (Å²) in [6.45, 7) is 2.13. The maximum absolute atomic E-state index is 11.8. The van der Waals surface area contributed by atoms with E-state index < -0.39 is 0 Å². The van der Waals surface area contributed by atoms with Gasteiger partial charge >= 0.3 is 0 Å². The zero-order valence-corrected chi connectivity index (χ0v) is 11.4. The largest absolute Gasteiger partial charge is 0.320 e. The maximum atomic E-state index is 11.8. The van der Waals surface area contributed by atoms with Crippen molar-refractivity contribution in [1.82, 2.24) is 9.78 Å². The van der Waals surface area contributed by atoms with E-state index in [0.29, 0.717) is 5.02 Å². The molecule has 1 amide bonds. The van der Waals surface area contributed by atoms with E-state index in [0.717, 1.165) is 22.9 Å². The van der Waals surface area contributed by atoms with Crippen molar-refractivity contribution in [2.75, 3.05) is 16.8 Å². The lowest BCUT2D eigenvalue weighted by atomic mass is 10.2. The number of benzene rings is 1. The van der Waals surface area contributed by atoms with Crippen LogP contribution >= 0.6 is 11.6 Å². The Morgan fingerprint density at radius 3 is 2.95 bits per heavy atom. The van der Waals surface area contributed by atoms with Crippen molar-refractivity contribution in [2.45, 2.75) is 6.92 Å². The van der Waals surface area contributed by atoms with E-state index >= 15 is 0 Å². The van der Waals surface area contributed by atoms with Gasteiger partial charge in [0.2, 0.25) is 5.91 Å². The topological polar surface area (TPSA) is 50.2 Å². The number of aromatic nitrogens is 2. The van der Waals surface area contributed by atoms with Crippen molar-refractivity contribution >= 4 is 34.7 Å². The maximum Gasteiger partial charge on any atom is 0.244 e. The molecule has 0 fully saturated rings. The molecule has 1 aliphatic heterocycles. The number of halogens is 1. The number of hydrogen-bond acceptors (Lipinski definition) is 3. The number of fused-ring (bicyclic) bond motifs is 1. The molecule has 0 saturated heterocycles. The minimum absolute atomic E-state index is 0.0522. The second-order valence-corrected chi connectivity index (χ2v) is 4.96. The molecule has 1 aromatic carbocycles. The molecule has 0 radical (unpaired) electrons. The quantitative estimate of drug-likeness (QED) is 0.870. The van der Waals surface area contributed by atoms with Gasteiger partial charge in [-0.25, -0.2) is 0 Å². The summed E-state index contributed by atoms with van der Waals surface area (Å²) < 4.78 is 1.77. The van der Waals surface area contributed by atoms with E-state index in [4.69, 9.17) is 11.6 Å². The highest BCUT2D eigenvalue weighted by molar-refractivity contribution is 6.30. The van der Waals surface area contributed by atoms with Crippen molar-refractivity contribution in [1.29, 1.82) is 0 Å². The number of nitrogens with one attached hydrogen (secondary N) is 1. The molecule has 0 saturated carbocycles. The first-order chi connectivity index (χ1) is 9.06. The molecule has 1 aliphatic rings. The smallest absolute Gasteiger partial charge is 0.244 e. The summed E-state index contributed by atoms with van der Waals surface area (Å²) >= 11 is 6.02. The van der Waals surface area contributed by atoms with Gasteiger partial charge in [0.15, 0.2) is 5.82 Å². The molecular formula is C13H13ClN4O. The standard InChI is InChI=1S/C13H13ClN4O/c1-8-12-13(17(2)16-8)18(7-11(19)15-12)10-5-3-4-9(14)6-10/h3-6H,7H2,1-2H3,(H,15,19).